The lowest BCUT2D eigenvalue weighted by Gasteiger charge is -2.50. The minimum atomic E-state index is -2.70. The first kappa shape index (κ1) is 28.1. The number of aldehydes is 1. The first-order chi connectivity index (χ1) is 19.2. The molecule has 3 aliphatic rings. The molecule has 12 nitrogen and oxygen atoms in total. The standard InChI is InChI=1S/C29H32N4O8/c1-31(2)18-9-15(11-33-6-5-13(10-33)12-34)23(35)20-16(18)7-14-8-17-22(32(3)4)25(37)21(28(30)40)27(39)29(17,41)26(38)19(14)24(20)36/h5-6,9-10,12,14,17,22,35-36,39,41H,7-8,11H2,1-4H3,(H2,30,40). The van der Waals surface area contributed by atoms with Crippen molar-refractivity contribution in [1.82, 2.24) is 9.47 Å². The van der Waals surface area contributed by atoms with Crippen LogP contribution in [0.1, 0.15) is 33.5 Å². The highest BCUT2D eigenvalue weighted by molar-refractivity contribution is 6.24. The van der Waals surface area contributed by atoms with Gasteiger partial charge in [-0.15, -0.1) is 0 Å². The van der Waals surface area contributed by atoms with Crippen LogP contribution in [0.3, 0.4) is 0 Å². The third-order valence-electron chi connectivity index (χ3n) is 8.52. The van der Waals surface area contributed by atoms with E-state index in [2.05, 4.69) is 0 Å². The number of nitrogens with two attached hydrogens (primary N) is 1. The van der Waals surface area contributed by atoms with Crippen LogP contribution in [-0.4, -0.2) is 93.5 Å². The van der Waals surface area contributed by atoms with Gasteiger partial charge in [-0.05, 0) is 50.6 Å². The summed E-state index contributed by atoms with van der Waals surface area (Å²) in [5.41, 5.74) is 3.74. The molecular formula is C29H32N4O8. The van der Waals surface area contributed by atoms with Crippen LogP contribution in [0.4, 0.5) is 5.69 Å². The van der Waals surface area contributed by atoms with Crippen LogP contribution < -0.4 is 10.6 Å². The fourth-order valence-electron chi connectivity index (χ4n) is 6.69. The Morgan fingerprint density at radius 2 is 1.88 bits per heavy atom. The minimum absolute atomic E-state index is 0.0129. The molecule has 3 aliphatic carbocycles. The summed E-state index contributed by atoms with van der Waals surface area (Å²) in [4.78, 5) is 53.9. The number of carbonyl (C=O) groups is 4. The van der Waals surface area contributed by atoms with Gasteiger partial charge in [-0.1, -0.05) is 0 Å². The number of aliphatic hydroxyl groups excluding tert-OH is 2. The predicted octanol–water partition coefficient (Wildman–Crippen LogP) is 0.692. The molecule has 4 unspecified atom stereocenters. The van der Waals surface area contributed by atoms with Crippen molar-refractivity contribution < 1.29 is 39.6 Å². The van der Waals surface area contributed by atoms with E-state index in [1.54, 1.807) is 57.3 Å². The zero-order chi connectivity index (χ0) is 30.1. The summed E-state index contributed by atoms with van der Waals surface area (Å²) in [5.74, 6) is -6.90. The van der Waals surface area contributed by atoms with E-state index in [0.717, 1.165) is 0 Å². The highest BCUT2D eigenvalue weighted by Crippen LogP contribution is 2.54. The summed E-state index contributed by atoms with van der Waals surface area (Å²) < 4.78 is 1.69. The molecule has 1 fully saturated rings. The Balaban J connectivity index is 1.71. The maximum Gasteiger partial charge on any atom is 0.255 e. The number of rotatable bonds is 6. The molecule has 1 amide bonds. The topological polar surface area (TPSA) is 187 Å². The van der Waals surface area contributed by atoms with Crippen LogP contribution in [0.5, 0.6) is 5.75 Å². The van der Waals surface area contributed by atoms with E-state index in [9.17, 15) is 39.6 Å². The number of nitrogens with zero attached hydrogens (tertiary/aromatic N) is 3. The quantitative estimate of drug-likeness (QED) is 0.247. The number of aromatic nitrogens is 1. The maximum atomic E-state index is 14.1. The highest BCUT2D eigenvalue weighted by Gasteiger charge is 2.64. The molecule has 5 rings (SSSR count). The van der Waals surface area contributed by atoms with Crippen LogP contribution in [-0.2, 0) is 27.3 Å². The van der Waals surface area contributed by atoms with Gasteiger partial charge in [0.2, 0.25) is 5.78 Å². The van der Waals surface area contributed by atoms with Crippen molar-refractivity contribution >= 4 is 35.2 Å². The lowest BCUT2D eigenvalue weighted by atomic mass is 9.57. The zero-order valence-corrected chi connectivity index (χ0v) is 23.1. The minimum Gasteiger partial charge on any atom is -0.508 e. The average Bonchev–Trinajstić information content (AvgIpc) is 3.34. The number of aliphatic hydroxyl groups is 3. The second-order valence-electron chi connectivity index (χ2n) is 11.3. The lowest BCUT2D eigenvalue weighted by Crippen LogP contribution is -2.65. The number of primary amides is 1. The van der Waals surface area contributed by atoms with E-state index < -0.39 is 58.0 Å². The first-order valence-corrected chi connectivity index (χ1v) is 13.0. The van der Waals surface area contributed by atoms with Gasteiger partial charge in [-0.3, -0.25) is 24.1 Å². The van der Waals surface area contributed by atoms with Crippen LogP contribution >= 0.6 is 0 Å². The second kappa shape index (κ2) is 9.60. The Morgan fingerprint density at radius 1 is 1.20 bits per heavy atom. The van der Waals surface area contributed by atoms with E-state index in [1.807, 2.05) is 4.90 Å². The fourth-order valence-corrected chi connectivity index (χ4v) is 6.69. The molecule has 0 saturated heterocycles. The van der Waals surface area contributed by atoms with Crippen LogP contribution in [0, 0.1) is 11.8 Å². The summed E-state index contributed by atoms with van der Waals surface area (Å²) in [6, 6.07) is 2.25. The molecule has 1 saturated carbocycles. The monoisotopic (exact) mass is 564 g/mol. The summed E-state index contributed by atoms with van der Waals surface area (Å²) in [7, 11) is 6.71. The fraction of sp³-hybridized carbons (Fsp3) is 0.379. The molecule has 1 aromatic carbocycles. The Kier molecular flexibility index (Phi) is 6.58. The molecule has 0 spiro atoms. The number of phenolic OH excluding ortho intramolecular Hbond substituents is 1. The number of Topliss-reactive ketones (excluding diaryl/α,β-unsaturated/α-hetero) is 2. The Labute approximate surface area is 235 Å². The van der Waals surface area contributed by atoms with Gasteiger partial charge in [0.05, 0.1) is 18.2 Å². The maximum absolute atomic E-state index is 14.1. The van der Waals surface area contributed by atoms with Crippen molar-refractivity contribution in [2.75, 3.05) is 33.1 Å². The van der Waals surface area contributed by atoms with Crippen molar-refractivity contribution in [2.45, 2.75) is 31.0 Å². The number of hydrogen-bond acceptors (Lipinski definition) is 10. The molecule has 2 aromatic rings. The van der Waals surface area contributed by atoms with Crippen LogP contribution in [0.2, 0.25) is 0 Å². The number of amides is 1. The number of hydrogen-bond donors (Lipinski definition) is 5. The number of phenols is 1. The van der Waals surface area contributed by atoms with Crippen molar-refractivity contribution in [2.24, 2.45) is 17.6 Å². The number of aromatic hydroxyl groups is 1. The number of carbonyl (C=O) groups excluding carboxylic acids is 4. The van der Waals surface area contributed by atoms with E-state index in [-0.39, 0.29) is 36.3 Å². The number of anilines is 1. The molecule has 1 aromatic heterocycles. The molecule has 0 aliphatic heterocycles. The van der Waals surface area contributed by atoms with Crippen LogP contribution in [0.25, 0.3) is 5.76 Å². The lowest BCUT2D eigenvalue weighted by molar-refractivity contribution is -0.153. The van der Waals surface area contributed by atoms with E-state index in [1.165, 1.54) is 4.90 Å². The molecule has 41 heavy (non-hydrogen) atoms. The average molecular weight is 565 g/mol. The van der Waals surface area contributed by atoms with Gasteiger partial charge >= 0.3 is 0 Å². The summed E-state index contributed by atoms with van der Waals surface area (Å²) in [5, 5.41) is 45.7. The van der Waals surface area contributed by atoms with Crippen molar-refractivity contribution in [1.29, 1.82) is 0 Å². The van der Waals surface area contributed by atoms with Gasteiger partial charge in [-0.25, -0.2) is 0 Å². The van der Waals surface area contributed by atoms with E-state index in [4.69, 9.17) is 5.73 Å². The predicted molar refractivity (Wildman–Crippen MR) is 147 cm³/mol. The SMILES string of the molecule is CN(C)c1cc(Cn2ccc(C=O)c2)c(O)c2c1CC1CC3C(N(C)C)C(=O)C(C(N)=O)=C(O)C3(O)C(=O)C1=C2O. The number of likely N-dealkylation sites (N-methyl/N-ethyl adjacent to an activating group) is 1. The van der Waals surface area contributed by atoms with Crippen molar-refractivity contribution in [3.05, 3.63) is 63.7 Å². The van der Waals surface area contributed by atoms with Crippen molar-refractivity contribution in [3.63, 3.8) is 0 Å². The first-order valence-electron chi connectivity index (χ1n) is 13.0. The third kappa shape index (κ3) is 3.97. The van der Waals surface area contributed by atoms with Gasteiger partial charge in [-0.2, -0.15) is 0 Å². The van der Waals surface area contributed by atoms with Gasteiger partial charge in [0.15, 0.2) is 17.7 Å². The number of benzene rings is 1. The number of ketones is 2. The summed E-state index contributed by atoms with van der Waals surface area (Å²) in [6.07, 6.45) is 4.18. The normalized spacial score (nSPS) is 25.7. The van der Waals surface area contributed by atoms with E-state index >= 15 is 0 Å². The molecule has 0 radical (unpaired) electrons. The molecule has 1 heterocycles. The Bertz CT molecular complexity index is 1580. The molecule has 4 atom stereocenters. The Morgan fingerprint density at radius 3 is 2.44 bits per heavy atom. The Hall–Kier alpha value is -4.42. The summed E-state index contributed by atoms with van der Waals surface area (Å²) >= 11 is 0. The smallest absolute Gasteiger partial charge is 0.255 e. The van der Waals surface area contributed by atoms with Gasteiger partial charge < -0.3 is 35.6 Å². The van der Waals surface area contributed by atoms with Crippen molar-refractivity contribution in [3.8, 4) is 5.75 Å². The highest BCUT2D eigenvalue weighted by atomic mass is 16.3. The molecule has 0 bridgehead atoms. The van der Waals surface area contributed by atoms with E-state index in [0.29, 0.717) is 28.7 Å². The van der Waals surface area contributed by atoms with Gasteiger partial charge in [0.25, 0.3) is 5.91 Å². The number of fused-ring (bicyclic) bond motifs is 3. The van der Waals surface area contributed by atoms with Gasteiger partial charge in [0.1, 0.15) is 22.8 Å². The molecule has 6 N–H and O–H groups in total. The molecule has 12 heteroatoms. The summed E-state index contributed by atoms with van der Waals surface area (Å²) in [6.45, 7) is 0.151. The molecule has 216 valence electrons. The van der Waals surface area contributed by atoms with Gasteiger partial charge in [0, 0.05) is 54.8 Å². The van der Waals surface area contributed by atoms with Crippen LogP contribution in [0.15, 0.2) is 41.4 Å². The molecular weight excluding hydrogens is 532 g/mol. The largest absolute Gasteiger partial charge is 0.508 e. The second-order valence-corrected chi connectivity index (χ2v) is 11.3. The zero-order valence-electron chi connectivity index (χ0n) is 23.1. The third-order valence-corrected chi connectivity index (χ3v) is 8.52.